The smallest absolute Gasteiger partial charge is 0.325 e. The lowest BCUT2D eigenvalue weighted by Gasteiger charge is -2.11. The summed E-state index contributed by atoms with van der Waals surface area (Å²) in [6.45, 7) is 1.63. The quantitative estimate of drug-likeness (QED) is 0.463. The van der Waals surface area contributed by atoms with E-state index in [1.54, 1.807) is 43.3 Å². The first-order valence-electron chi connectivity index (χ1n) is 8.64. The number of nitrogens with one attached hydrogen (secondary N) is 2. The lowest BCUT2D eigenvalue weighted by atomic mass is 10.3. The van der Waals surface area contributed by atoms with Crippen LogP contribution in [-0.2, 0) is 4.79 Å². The summed E-state index contributed by atoms with van der Waals surface area (Å²) in [4.78, 5) is 23.8. The monoisotopic (exact) mass is 494 g/mol. The number of halogens is 2. The van der Waals surface area contributed by atoms with Gasteiger partial charge in [-0.3, -0.25) is 10.1 Å². The molecule has 3 amide bonds. The van der Waals surface area contributed by atoms with Crippen molar-refractivity contribution in [3.63, 3.8) is 0 Å². The predicted molar refractivity (Wildman–Crippen MR) is 112 cm³/mol. The summed E-state index contributed by atoms with van der Waals surface area (Å²) in [7, 11) is 0. The summed E-state index contributed by atoms with van der Waals surface area (Å²) >= 11 is 4.25. The largest absolute Gasteiger partial charge is 0.478 e. The Morgan fingerprint density at radius 3 is 2.67 bits per heavy atom. The second-order valence-electron chi connectivity index (χ2n) is 5.89. The molecule has 156 valence electrons. The molecule has 0 saturated heterocycles. The van der Waals surface area contributed by atoms with Crippen molar-refractivity contribution in [3.05, 3.63) is 64.7 Å². The Bertz CT molecular complexity index is 1030. The third-order valence-electron chi connectivity index (χ3n) is 3.59. The van der Waals surface area contributed by atoms with E-state index in [4.69, 9.17) is 9.15 Å². The van der Waals surface area contributed by atoms with Gasteiger partial charge in [-0.25, -0.2) is 9.18 Å². The molecule has 8 nitrogen and oxygen atoms in total. The minimum Gasteiger partial charge on any atom is -0.478 e. The molecule has 3 rings (SSSR count). The van der Waals surface area contributed by atoms with Gasteiger partial charge in [0, 0.05) is 10.2 Å². The Balaban J connectivity index is 1.46. The first-order valence-corrected chi connectivity index (χ1v) is 10.4. The van der Waals surface area contributed by atoms with E-state index < -0.39 is 23.9 Å². The molecule has 0 aliphatic rings. The molecule has 0 unspecified atom stereocenters. The number of urea groups is 1. The Kier molecular flexibility index (Phi) is 7.41. The number of imide groups is 1. The minimum atomic E-state index is -0.686. The van der Waals surface area contributed by atoms with Crippen LogP contribution in [0.15, 0.2) is 62.6 Å². The summed E-state index contributed by atoms with van der Waals surface area (Å²) in [6, 6.07) is 12.2. The maximum Gasteiger partial charge on any atom is 0.325 e. The number of carbonyl (C=O) groups is 2. The third-order valence-corrected chi connectivity index (χ3v) is 4.94. The van der Waals surface area contributed by atoms with Crippen molar-refractivity contribution in [1.82, 2.24) is 15.5 Å². The van der Waals surface area contributed by atoms with Crippen LogP contribution >= 0.6 is 27.7 Å². The molecular weight excluding hydrogens is 479 g/mol. The van der Waals surface area contributed by atoms with Gasteiger partial charge in [0.15, 0.2) is 17.7 Å². The summed E-state index contributed by atoms with van der Waals surface area (Å²) in [5.74, 6) is -0.956. The van der Waals surface area contributed by atoms with E-state index in [9.17, 15) is 14.0 Å². The molecule has 0 saturated carbocycles. The number of carbonyl (C=O) groups excluding carboxylic acids is 2. The van der Waals surface area contributed by atoms with Crippen LogP contribution in [0.5, 0.6) is 5.75 Å². The number of benzene rings is 2. The molecule has 1 aromatic heterocycles. The average Bonchev–Trinajstić information content (AvgIpc) is 3.19. The fourth-order valence-electron chi connectivity index (χ4n) is 2.21. The van der Waals surface area contributed by atoms with Crippen LogP contribution in [0.3, 0.4) is 0 Å². The van der Waals surface area contributed by atoms with Crippen LogP contribution in [-0.4, -0.2) is 27.9 Å². The van der Waals surface area contributed by atoms with Gasteiger partial charge in [0.2, 0.25) is 5.91 Å². The Morgan fingerprint density at radius 2 is 1.93 bits per heavy atom. The number of hydrogen-bond acceptors (Lipinski definition) is 7. The summed E-state index contributed by atoms with van der Waals surface area (Å²) in [6.07, 6.45) is -0.686. The predicted octanol–water partition coefficient (Wildman–Crippen LogP) is 4.55. The van der Waals surface area contributed by atoms with Crippen molar-refractivity contribution in [2.45, 2.75) is 18.3 Å². The first kappa shape index (κ1) is 21.8. The number of para-hydroxylation sites is 1. The number of aromatic nitrogens is 2. The molecule has 2 aromatic carbocycles. The van der Waals surface area contributed by atoms with Crippen LogP contribution in [0.25, 0.3) is 0 Å². The van der Waals surface area contributed by atoms with Gasteiger partial charge in [0.25, 0.3) is 11.1 Å². The van der Waals surface area contributed by atoms with Gasteiger partial charge in [0.1, 0.15) is 0 Å². The van der Waals surface area contributed by atoms with Gasteiger partial charge in [-0.1, -0.05) is 39.8 Å². The topological polar surface area (TPSA) is 106 Å². The molecule has 1 heterocycles. The van der Waals surface area contributed by atoms with Crippen LogP contribution in [0, 0.1) is 5.82 Å². The summed E-state index contributed by atoms with van der Waals surface area (Å²) < 4.78 is 25.4. The van der Waals surface area contributed by atoms with E-state index >= 15 is 0 Å². The zero-order chi connectivity index (χ0) is 21.5. The molecule has 11 heteroatoms. The maximum atomic E-state index is 13.7. The van der Waals surface area contributed by atoms with Crippen molar-refractivity contribution in [3.8, 4) is 5.75 Å². The molecule has 0 aliphatic carbocycles. The van der Waals surface area contributed by atoms with Crippen LogP contribution in [0.2, 0.25) is 0 Å². The molecule has 0 fully saturated rings. The molecule has 0 radical (unpaired) electrons. The Labute approximate surface area is 183 Å². The average molecular weight is 495 g/mol. The number of amides is 3. The normalized spacial score (nSPS) is 11.6. The number of thioether (sulfide) groups is 1. The Hall–Kier alpha value is -2.92. The lowest BCUT2D eigenvalue weighted by molar-refractivity contribution is -0.117. The van der Waals surface area contributed by atoms with Crippen molar-refractivity contribution in [1.29, 1.82) is 0 Å². The van der Waals surface area contributed by atoms with Crippen LogP contribution in [0.1, 0.15) is 18.9 Å². The summed E-state index contributed by atoms with van der Waals surface area (Å²) in [5, 5.41) is 12.5. The molecule has 3 aromatic rings. The van der Waals surface area contributed by atoms with Gasteiger partial charge in [-0.15, -0.1) is 10.2 Å². The van der Waals surface area contributed by atoms with Gasteiger partial charge in [-0.2, -0.15) is 0 Å². The summed E-state index contributed by atoms with van der Waals surface area (Å²) in [5.41, 5.74) is 0.543. The second-order valence-corrected chi connectivity index (χ2v) is 7.74. The van der Waals surface area contributed by atoms with Gasteiger partial charge < -0.3 is 14.5 Å². The second kappa shape index (κ2) is 10.2. The number of anilines is 1. The zero-order valence-electron chi connectivity index (χ0n) is 15.6. The van der Waals surface area contributed by atoms with Crippen LogP contribution < -0.4 is 15.4 Å². The van der Waals surface area contributed by atoms with E-state index in [0.29, 0.717) is 5.69 Å². The highest BCUT2D eigenvalue weighted by Crippen LogP contribution is 2.25. The molecule has 0 bridgehead atoms. The molecule has 1 atom stereocenters. The third kappa shape index (κ3) is 6.29. The SMILES string of the molecule is C[C@H](Oc1ccccc1F)c1nnc(SCC(=O)NC(=O)Nc2ccc(Br)cc2)o1. The van der Waals surface area contributed by atoms with Crippen molar-refractivity contribution < 1.29 is 23.1 Å². The standard InChI is InChI=1S/C19H16BrFN4O4S/c1-11(28-15-5-3-2-4-14(15)21)17-24-25-19(29-17)30-10-16(26)23-18(27)22-13-8-6-12(20)7-9-13/h2-9,11H,10H2,1H3,(H2,22,23,26,27)/t11-/m0/s1. The minimum absolute atomic E-state index is 0.0635. The fourth-order valence-corrected chi connectivity index (χ4v) is 3.04. The molecular formula is C19H16BrFN4O4S. The van der Waals surface area contributed by atoms with Crippen molar-refractivity contribution in [2.24, 2.45) is 0 Å². The molecule has 0 spiro atoms. The van der Waals surface area contributed by atoms with Gasteiger partial charge in [-0.05, 0) is 43.3 Å². The van der Waals surface area contributed by atoms with E-state index in [1.807, 2.05) is 0 Å². The zero-order valence-corrected chi connectivity index (χ0v) is 18.0. The van der Waals surface area contributed by atoms with E-state index in [2.05, 4.69) is 36.8 Å². The van der Waals surface area contributed by atoms with Gasteiger partial charge in [0.05, 0.1) is 5.75 Å². The van der Waals surface area contributed by atoms with E-state index in [0.717, 1.165) is 16.2 Å². The molecule has 0 aliphatic heterocycles. The molecule has 30 heavy (non-hydrogen) atoms. The van der Waals surface area contributed by atoms with E-state index in [1.165, 1.54) is 12.1 Å². The maximum absolute atomic E-state index is 13.7. The number of ether oxygens (including phenoxy) is 1. The molecule has 2 N–H and O–H groups in total. The highest BCUT2D eigenvalue weighted by molar-refractivity contribution is 9.10. The van der Waals surface area contributed by atoms with Crippen molar-refractivity contribution >= 4 is 45.3 Å². The van der Waals surface area contributed by atoms with Crippen LogP contribution in [0.4, 0.5) is 14.9 Å². The van der Waals surface area contributed by atoms with Gasteiger partial charge >= 0.3 is 6.03 Å². The number of hydrogen-bond donors (Lipinski definition) is 2. The highest BCUT2D eigenvalue weighted by Gasteiger charge is 2.18. The fraction of sp³-hybridized carbons (Fsp3) is 0.158. The Morgan fingerprint density at radius 1 is 1.20 bits per heavy atom. The van der Waals surface area contributed by atoms with E-state index in [-0.39, 0.29) is 22.6 Å². The van der Waals surface area contributed by atoms with Crippen molar-refractivity contribution in [2.75, 3.05) is 11.1 Å². The number of nitrogens with zero attached hydrogens (tertiary/aromatic N) is 2. The lowest BCUT2D eigenvalue weighted by Crippen LogP contribution is -2.35. The number of rotatable bonds is 7. The highest BCUT2D eigenvalue weighted by atomic mass is 79.9. The first-order chi connectivity index (χ1) is 14.4.